The van der Waals surface area contributed by atoms with Gasteiger partial charge >= 0.3 is 0 Å². The molecule has 7 heteroatoms. The molecule has 0 aliphatic heterocycles. The van der Waals surface area contributed by atoms with Gasteiger partial charge in [-0.2, -0.15) is 0 Å². The van der Waals surface area contributed by atoms with Gasteiger partial charge in [0.05, 0.1) is 11.7 Å². The zero-order chi connectivity index (χ0) is 14.7. The summed E-state index contributed by atoms with van der Waals surface area (Å²) in [5, 5.41) is 2.56. The molecule has 0 saturated carbocycles. The number of nitrogen functional groups attached to an aromatic ring is 1. The number of aromatic nitrogens is 2. The van der Waals surface area contributed by atoms with Gasteiger partial charge in [0.1, 0.15) is 11.6 Å². The smallest absolute Gasteiger partial charge is 0.282 e. The summed E-state index contributed by atoms with van der Waals surface area (Å²) in [5.74, 6) is 0.589. The lowest BCUT2D eigenvalue weighted by Gasteiger charge is -2.13. The lowest BCUT2D eigenvalue weighted by Crippen LogP contribution is -2.13. The molecule has 0 saturated heterocycles. The molecular weight excluding hydrogens is 260 g/mol. The van der Waals surface area contributed by atoms with Crippen LogP contribution < -0.4 is 16.0 Å². The van der Waals surface area contributed by atoms with E-state index in [0.29, 0.717) is 11.3 Å². The Morgan fingerprint density at radius 1 is 1.35 bits per heavy atom. The van der Waals surface area contributed by atoms with Crippen LogP contribution in [-0.2, 0) is 0 Å². The average molecular weight is 274 g/mol. The number of benzene rings is 1. The van der Waals surface area contributed by atoms with Gasteiger partial charge in [0.25, 0.3) is 5.56 Å². The first kappa shape index (κ1) is 13.7. The van der Waals surface area contributed by atoms with E-state index >= 15 is 0 Å². The van der Waals surface area contributed by atoms with E-state index in [1.54, 1.807) is 18.2 Å². The zero-order valence-corrected chi connectivity index (χ0v) is 11.1. The Bertz CT molecular complexity index is 694. The van der Waals surface area contributed by atoms with Gasteiger partial charge in [0.15, 0.2) is 5.82 Å². The lowest BCUT2D eigenvalue weighted by molar-refractivity contribution is 0.243. The molecule has 0 atom stereocenters. The summed E-state index contributed by atoms with van der Waals surface area (Å²) < 4.78 is 5.65. The monoisotopic (exact) mass is 274 g/mol. The summed E-state index contributed by atoms with van der Waals surface area (Å²) in [4.78, 5) is 28.7. The number of aromatic amines is 1. The van der Waals surface area contributed by atoms with E-state index in [1.165, 1.54) is 0 Å². The van der Waals surface area contributed by atoms with Crippen molar-refractivity contribution in [1.82, 2.24) is 9.97 Å². The molecule has 1 aromatic heterocycles. The van der Waals surface area contributed by atoms with E-state index in [1.807, 2.05) is 19.9 Å². The van der Waals surface area contributed by atoms with Gasteiger partial charge < -0.3 is 15.5 Å². The third-order valence-electron chi connectivity index (χ3n) is 2.52. The van der Waals surface area contributed by atoms with Gasteiger partial charge in [0, 0.05) is 0 Å². The molecule has 0 radical (unpaired) electrons. The van der Waals surface area contributed by atoms with Crippen molar-refractivity contribution in [1.29, 1.82) is 0 Å². The number of rotatable bonds is 4. The van der Waals surface area contributed by atoms with Gasteiger partial charge in [-0.05, 0) is 31.2 Å². The summed E-state index contributed by atoms with van der Waals surface area (Å²) in [6, 6.07) is 7.09. The minimum Gasteiger partial charge on any atom is -0.490 e. The molecule has 0 aliphatic carbocycles. The summed E-state index contributed by atoms with van der Waals surface area (Å²) >= 11 is 0. The first-order valence-electron chi connectivity index (χ1n) is 6.02. The van der Waals surface area contributed by atoms with E-state index in [9.17, 15) is 9.70 Å². The Morgan fingerprint density at radius 2 is 2.05 bits per heavy atom. The number of nitrogens with zero attached hydrogens (tertiary/aromatic N) is 2. The molecule has 0 aliphatic rings. The van der Waals surface area contributed by atoms with Crippen molar-refractivity contribution in [2.75, 3.05) is 5.73 Å². The standard InChI is InChI=1S/C13H14N4O3/c1-7(2)20-9-6-4-3-5-8(9)12-15-11(14)10(17-19)13(18)16-12/h3-7H,1-2H3,(H3,14,15,16,18). The van der Waals surface area contributed by atoms with Crippen LogP contribution in [0.1, 0.15) is 13.8 Å². The molecule has 0 fully saturated rings. The van der Waals surface area contributed by atoms with Crippen LogP contribution in [0.15, 0.2) is 34.2 Å². The summed E-state index contributed by atoms with van der Waals surface area (Å²) in [6.07, 6.45) is -0.0314. The molecule has 0 spiro atoms. The first-order chi connectivity index (χ1) is 9.52. The average Bonchev–Trinajstić information content (AvgIpc) is 2.38. The largest absolute Gasteiger partial charge is 0.490 e. The maximum atomic E-state index is 11.7. The Morgan fingerprint density at radius 3 is 2.65 bits per heavy atom. The van der Waals surface area contributed by atoms with Gasteiger partial charge in [-0.25, -0.2) is 4.98 Å². The zero-order valence-electron chi connectivity index (χ0n) is 11.1. The van der Waals surface area contributed by atoms with E-state index in [4.69, 9.17) is 10.5 Å². The van der Waals surface area contributed by atoms with Crippen LogP contribution in [0.25, 0.3) is 11.4 Å². The van der Waals surface area contributed by atoms with Gasteiger partial charge in [-0.3, -0.25) is 4.79 Å². The van der Waals surface area contributed by atoms with Crippen LogP contribution in [0.2, 0.25) is 0 Å². The second-order valence-electron chi connectivity index (χ2n) is 4.40. The molecule has 1 aromatic carbocycles. The number of nitrogens with two attached hydrogens (primary N) is 1. The summed E-state index contributed by atoms with van der Waals surface area (Å²) in [6.45, 7) is 3.78. The highest BCUT2D eigenvalue weighted by Crippen LogP contribution is 2.28. The minimum absolute atomic E-state index is 0.0314. The third-order valence-corrected chi connectivity index (χ3v) is 2.52. The van der Waals surface area contributed by atoms with E-state index in [-0.39, 0.29) is 17.7 Å². The Hall–Kier alpha value is -2.70. The lowest BCUT2D eigenvalue weighted by atomic mass is 10.2. The molecule has 3 N–H and O–H groups in total. The van der Waals surface area contributed by atoms with Crippen LogP contribution in [0.4, 0.5) is 11.5 Å². The van der Waals surface area contributed by atoms with Crippen LogP contribution in [0.5, 0.6) is 5.75 Å². The maximum Gasteiger partial charge on any atom is 0.282 e. The molecule has 1 heterocycles. The molecule has 2 rings (SSSR count). The maximum absolute atomic E-state index is 11.7. The van der Waals surface area contributed by atoms with Crippen LogP contribution >= 0.6 is 0 Å². The number of anilines is 1. The van der Waals surface area contributed by atoms with Crippen molar-refractivity contribution in [3.8, 4) is 17.1 Å². The van der Waals surface area contributed by atoms with Gasteiger partial charge in [0.2, 0.25) is 5.69 Å². The normalized spacial score (nSPS) is 10.6. The molecule has 0 unspecified atom stereocenters. The predicted molar refractivity (Wildman–Crippen MR) is 75.9 cm³/mol. The van der Waals surface area contributed by atoms with Crippen molar-refractivity contribution >= 4 is 11.5 Å². The van der Waals surface area contributed by atoms with E-state index in [2.05, 4.69) is 15.1 Å². The minimum atomic E-state index is -0.679. The highest BCUT2D eigenvalue weighted by molar-refractivity contribution is 5.67. The quantitative estimate of drug-likeness (QED) is 0.830. The summed E-state index contributed by atoms with van der Waals surface area (Å²) in [5.41, 5.74) is 5.04. The number of hydrogen-bond acceptors (Lipinski definition) is 6. The molecule has 104 valence electrons. The van der Waals surface area contributed by atoms with Crippen molar-refractivity contribution in [2.45, 2.75) is 20.0 Å². The van der Waals surface area contributed by atoms with E-state index in [0.717, 1.165) is 0 Å². The fourth-order valence-electron chi connectivity index (χ4n) is 1.72. The van der Waals surface area contributed by atoms with Crippen molar-refractivity contribution < 1.29 is 4.74 Å². The number of H-pyrrole nitrogens is 1. The van der Waals surface area contributed by atoms with Crippen LogP contribution in [0.3, 0.4) is 0 Å². The fraction of sp³-hybridized carbons (Fsp3) is 0.231. The third kappa shape index (κ3) is 2.66. The highest BCUT2D eigenvalue weighted by atomic mass is 16.5. The SMILES string of the molecule is CC(C)Oc1ccccc1-c1nc(N)c(N=O)c(=O)[nH]1. The molecule has 0 amide bonds. The molecule has 7 nitrogen and oxygen atoms in total. The Labute approximate surface area is 114 Å². The second kappa shape index (κ2) is 5.52. The predicted octanol–water partition coefficient (Wildman–Crippen LogP) is 2.20. The number of nitroso groups, excluding NO2 is 1. The molecular formula is C13H14N4O3. The Balaban J connectivity index is 2.57. The number of hydrogen-bond donors (Lipinski definition) is 2. The number of nitrogens with one attached hydrogen (secondary N) is 1. The Kier molecular flexibility index (Phi) is 3.79. The van der Waals surface area contributed by atoms with Crippen LogP contribution in [-0.4, -0.2) is 16.1 Å². The molecule has 0 bridgehead atoms. The topological polar surface area (TPSA) is 110 Å². The fourth-order valence-corrected chi connectivity index (χ4v) is 1.72. The van der Waals surface area contributed by atoms with Crippen molar-refractivity contribution in [3.05, 3.63) is 39.5 Å². The van der Waals surface area contributed by atoms with Crippen molar-refractivity contribution in [3.63, 3.8) is 0 Å². The summed E-state index contributed by atoms with van der Waals surface area (Å²) in [7, 11) is 0. The highest BCUT2D eigenvalue weighted by Gasteiger charge is 2.14. The van der Waals surface area contributed by atoms with Crippen molar-refractivity contribution in [2.24, 2.45) is 5.18 Å². The molecule has 20 heavy (non-hydrogen) atoms. The van der Waals surface area contributed by atoms with Crippen LogP contribution in [0, 0.1) is 4.91 Å². The number of para-hydroxylation sites is 1. The molecule has 2 aromatic rings. The van der Waals surface area contributed by atoms with Gasteiger partial charge in [-0.1, -0.05) is 12.1 Å². The van der Waals surface area contributed by atoms with Gasteiger partial charge in [-0.15, -0.1) is 4.91 Å². The second-order valence-corrected chi connectivity index (χ2v) is 4.40. The number of ether oxygens (including phenoxy) is 1. The van der Waals surface area contributed by atoms with E-state index < -0.39 is 11.2 Å². The first-order valence-corrected chi connectivity index (χ1v) is 6.02.